The fraction of sp³-hybridized carbons (Fsp3) is 0.381. The predicted molar refractivity (Wildman–Crippen MR) is 105 cm³/mol. The number of hydrogen-bond donors (Lipinski definition) is 2. The van der Waals surface area contributed by atoms with Crippen molar-refractivity contribution in [1.29, 1.82) is 0 Å². The molecule has 1 heterocycles. The third-order valence-corrected chi connectivity index (χ3v) is 4.53. The Balaban J connectivity index is 1.55. The van der Waals surface area contributed by atoms with Crippen LogP contribution in [0.1, 0.15) is 25.0 Å². The van der Waals surface area contributed by atoms with Crippen LogP contribution in [0.4, 0.5) is 0 Å². The molecule has 2 aromatic carbocycles. The maximum absolute atomic E-state index is 6.03. The van der Waals surface area contributed by atoms with Crippen LogP contribution in [0.3, 0.4) is 0 Å². The van der Waals surface area contributed by atoms with Gasteiger partial charge in [-0.25, -0.2) is 0 Å². The van der Waals surface area contributed by atoms with Crippen molar-refractivity contribution >= 4 is 5.96 Å². The summed E-state index contributed by atoms with van der Waals surface area (Å²) in [5, 5.41) is 3.19. The van der Waals surface area contributed by atoms with Gasteiger partial charge >= 0.3 is 0 Å². The SMILES string of the molecule is CC(C)(CN=C(N)NCCc1ccccc1)c1ccc2c(c1)OCCO2. The van der Waals surface area contributed by atoms with Gasteiger partial charge in [0.05, 0.1) is 6.54 Å². The highest BCUT2D eigenvalue weighted by Crippen LogP contribution is 2.35. The first-order valence-electron chi connectivity index (χ1n) is 9.02. The van der Waals surface area contributed by atoms with E-state index in [2.05, 4.69) is 42.4 Å². The second-order valence-electron chi connectivity index (χ2n) is 7.11. The van der Waals surface area contributed by atoms with Crippen LogP contribution in [0, 0.1) is 0 Å². The fourth-order valence-corrected chi connectivity index (χ4v) is 2.87. The molecule has 0 aromatic heterocycles. The van der Waals surface area contributed by atoms with Gasteiger partial charge in [-0.1, -0.05) is 50.2 Å². The van der Waals surface area contributed by atoms with E-state index in [1.54, 1.807) is 0 Å². The molecule has 0 amide bonds. The van der Waals surface area contributed by atoms with Crippen molar-refractivity contribution < 1.29 is 9.47 Å². The van der Waals surface area contributed by atoms with Gasteiger partial charge < -0.3 is 20.5 Å². The molecular formula is C21H27N3O2. The van der Waals surface area contributed by atoms with Crippen LogP contribution >= 0.6 is 0 Å². The lowest BCUT2D eigenvalue weighted by molar-refractivity contribution is 0.171. The van der Waals surface area contributed by atoms with Gasteiger partial charge in [-0.3, -0.25) is 4.99 Å². The zero-order valence-corrected chi connectivity index (χ0v) is 15.5. The van der Waals surface area contributed by atoms with E-state index in [1.165, 1.54) is 5.56 Å². The second-order valence-corrected chi connectivity index (χ2v) is 7.11. The van der Waals surface area contributed by atoms with Crippen molar-refractivity contribution in [2.45, 2.75) is 25.7 Å². The summed E-state index contributed by atoms with van der Waals surface area (Å²) in [4.78, 5) is 4.53. The molecule has 138 valence electrons. The van der Waals surface area contributed by atoms with Crippen molar-refractivity contribution in [2.75, 3.05) is 26.3 Å². The Bertz CT molecular complexity index is 757. The molecule has 0 radical (unpaired) electrons. The summed E-state index contributed by atoms with van der Waals surface area (Å²) in [5.41, 5.74) is 8.31. The molecule has 2 aromatic rings. The van der Waals surface area contributed by atoms with Crippen molar-refractivity contribution in [2.24, 2.45) is 10.7 Å². The normalized spacial score (nSPS) is 14.2. The van der Waals surface area contributed by atoms with Crippen molar-refractivity contribution in [3.8, 4) is 11.5 Å². The van der Waals surface area contributed by atoms with E-state index in [4.69, 9.17) is 15.2 Å². The molecular weight excluding hydrogens is 326 g/mol. The molecule has 0 saturated carbocycles. The van der Waals surface area contributed by atoms with Crippen molar-refractivity contribution in [3.05, 3.63) is 59.7 Å². The minimum atomic E-state index is -0.151. The number of guanidine groups is 1. The van der Waals surface area contributed by atoms with E-state index in [1.807, 2.05) is 30.3 Å². The number of nitrogens with one attached hydrogen (secondary N) is 1. The number of nitrogens with two attached hydrogens (primary N) is 1. The zero-order valence-electron chi connectivity index (χ0n) is 15.5. The summed E-state index contributed by atoms with van der Waals surface area (Å²) < 4.78 is 11.3. The second kappa shape index (κ2) is 8.13. The van der Waals surface area contributed by atoms with Crippen LogP contribution < -0.4 is 20.5 Å². The summed E-state index contributed by atoms with van der Waals surface area (Å²) in [6.07, 6.45) is 0.919. The van der Waals surface area contributed by atoms with Gasteiger partial charge in [0.15, 0.2) is 17.5 Å². The van der Waals surface area contributed by atoms with Crippen LogP contribution in [0.2, 0.25) is 0 Å². The van der Waals surface area contributed by atoms with Gasteiger partial charge in [0.25, 0.3) is 0 Å². The van der Waals surface area contributed by atoms with Gasteiger partial charge in [-0.05, 0) is 29.7 Å². The Morgan fingerprint density at radius 1 is 1.08 bits per heavy atom. The lowest BCUT2D eigenvalue weighted by Crippen LogP contribution is -2.35. The molecule has 3 rings (SSSR count). The summed E-state index contributed by atoms with van der Waals surface area (Å²) in [6, 6.07) is 16.4. The zero-order chi connectivity index (χ0) is 18.4. The summed E-state index contributed by atoms with van der Waals surface area (Å²) >= 11 is 0. The first-order valence-corrected chi connectivity index (χ1v) is 9.02. The Labute approximate surface area is 155 Å². The summed E-state index contributed by atoms with van der Waals surface area (Å²) in [5.74, 6) is 2.09. The number of aliphatic imine (C=N–C) groups is 1. The molecule has 26 heavy (non-hydrogen) atoms. The van der Waals surface area contributed by atoms with Gasteiger partial charge in [-0.2, -0.15) is 0 Å². The maximum Gasteiger partial charge on any atom is 0.188 e. The molecule has 0 bridgehead atoms. The van der Waals surface area contributed by atoms with E-state index in [0.717, 1.165) is 30.0 Å². The minimum absolute atomic E-state index is 0.151. The highest BCUT2D eigenvalue weighted by molar-refractivity contribution is 5.77. The third kappa shape index (κ3) is 4.69. The molecule has 0 aliphatic carbocycles. The van der Waals surface area contributed by atoms with E-state index in [9.17, 15) is 0 Å². The molecule has 1 aliphatic rings. The predicted octanol–water partition coefficient (Wildman–Crippen LogP) is 2.88. The van der Waals surface area contributed by atoms with Crippen molar-refractivity contribution in [1.82, 2.24) is 5.32 Å². The van der Waals surface area contributed by atoms with Crippen LogP contribution in [0.25, 0.3) is 0 Å². The Morgan fingerprint density at radius 3 is 2.58 bits per heavy atom. The topological polar surface area (TPSA) is 68.9 Å². The Morgan fingerprint density at radius 2 is 1.81 bits per heavy atom. The van der Waals surface area contributed by atoms with Crippen LogP contribution in [0.5, 0.6) is 11.5 Å². The molecule has 0 spiro atoms. The number of nitrogens with zero attached hydrogens (tertiary/aromatic N) is 1. The quantitative estimate of drug-likeness (QED) is 0.619. The van der Waals surface area contributed by atoms with Crippen molar-refractivity contribution in [3.63, 3.8) is 0 Å². The van der Waals surface area contributed by atoms with E-state index in [0.29, 0.717) is 25.7 Å². The fourth-order valence-electron chi connectivity index (χ4n) is 2.87. The number of hydrogen-bond acceptors (Lipinski definition) is 3. The maximum atomic E-state index is 6.03. The largest absolute Gasteiger partial charge is 0.486 e. The highest BCUT2D eigenvalue weighted by Gasteiger charge is 2.23. The molecule has 5 heteroatoms. The number of fused-ring (bicyclic) bond motifs is 1. The lowest BCUT2D eigenvalue weighted by atomic mass is 9.84. The average molecular weight is 353 g/mol. The number of benzene rings is 2. The van der Waals surface area contributed by atoms with E-state index < -0.39 is 0 Å². The van der Waals surface area contributed by atoms with Gasteiger partial charge in [0.1, 0.15) is 13.2 Å². The first-order chi connectivity index (χ1) is 12.5. The Hall–Kier alpha value is -2.69. The lowest BCUT2D eigenvalue weighted by Gasteiger charge is -2.26. The monoisotopic (exact) mass is 353 g/mol. The molecule has 0 unspecified atom stereocenters. The smallest absolute Gasteiger partial charge is 0.188 e. The van der Waals surface area contributed by atoms with E-state index >= 15 is 0 Å². The molecule has 0 saturated heterocycles. The molecule has 5 nitrogen and oxygen atoms in total. The Kier molecular flexibility index (Phi) is 5.66. The summed E-state index contributed by atoms with van der Waals surface area (Å²) in [7, 11) is 0. The van der Waals surface area contributed by atoms with E-state index in [-0.39, 0.29) is 5.41 Å². The number of ether oxygens (including phenoxy) is 2. The summed E-state index contributed by atoms with van der Waals surface area (Å²) in [6.45, 7) is 6.86. The number of rotatable bonds is 6. The van der Waals surface area contributed by atoms with Crippen LogP contribution in [-0.2, 0) is 11.8 Å². The van der Waals surface area contributed by atoms with Gasteiger partial charge in [-0.15, -0.1) is 0 Å². The van der Waals surface area contributed by atoms with Gasteiger partial charge in [0.2, 0.25) is 0 Å². The molecule has 3 N–H and O–H groups in total. The molecule has 0 atom stereocenters. The average Bonchev–Trinajstić information content (AvgIpc) is 2.67. The molecule has 1 aliphatic heterocycles. The molecule has 0 fully saturated rings. The third-order valence-electron chi connectivity index (χ3n) is 4.53. The highest BCUT2D eigenvalue weighted by atomic mass is 16.6. The van der Waals surface area contributed by atoms with Crippen LogP contribution in [0.15, 0.2) is 53.5 Å². The first kappa shape index (κ1) is 18.1. The van der Waals surface area contributed by atoms with Crippen LogP contribution in [-0.4, -0.2) is 32.3 Å². The minimum Gasteiger partial charge on any atom is -0.486 e. The van der Waals surface area contributed by atoms with Gasteiger partial charge in [0, 0.05) is 12.0 Å². The standard InChI is InChI=1S/C21H27N3O2/c1-21(2,17-8-9-18-19(14-17)26-13-12-25-18)15-24-20(22)23-11-10-16-6-4-3-5-7-16/h3-9,14H,10-13,15H2,1-2H3,(H3,22,23,24).